The number of halogens is 1. The standard InChI is InChI=1S/C25H23FN2O2/c1-29-24-9-5-3-7-18(24)11-14-20-17-23(22-8-4-6-10-25(22)30-2)28(27-20)21-15-12-19(26)13-16-21/h3-16,23H,17H2,1-2H3. The third kappa shape index (κ3) is 4.06. The summed E-state index contributed by atoms with van der Waals surface area (Å²) >= 11 is 0. The number of methoxy groups -OCH3 is 2. The van der Waals surface area contributed by atoms with Crippen molar-refractivity contribution in [1.82, 2.24) is 0 Å². The van der Waals surface area contributed by atoms with Crippen molar-refractivity contribution in [2.75, 3.05) is 19.2 Å². The molecule has 5 heteroatoms. The van der Waals surface area contributed by atoms with Gasteiger partial charge < -0.3 is 9.47 Å². The van der Waals surface area contributed by atoms with Crippen molar-refractivity contribution in [3.8, 4) is 11.5 Å². The quantitative estimate of drug-likeness (QED) is 0.518. The maximum atomic E-state index is 13.5. The molecule has 0 bridgehead atoms. The molecule has 152 valence electrons. The van der Waals surface area contributed by atoms with Gasteiger partial charge in [0.1, 0.15) is 17.3 Å². The Morgan fingerprint density at radius 1 is 0.867 bits per heavy atom. The zero-order valence-electron chi connectivity index (χ0n) is 17.0. The van der Waals surface area contributed by atoms with Crippen LogP contribution in [0.3, 0.4) is 0 Å². The number of hydrazone groups is 1. The van der Waals surface area contributed by atoms with Gasteiger partial charge in [-0.3, -0.25) is 5.01 Å². The minimum absolute atomic E-state index is 0.0519. The third-order valence-electron chi connectivity index (χ3n) is 5.12. The number of benzene rings is 3. The SMILES string of the molecule is COc1ccccc1C=CC1=NN(c2ccc(F)cc2)C(c2ccccc2OC)C1. The van der Waals surface area contributed by atoms with Gasteiger partial charge in [0, 0.05) is 17.5 Å². The fourth-order valence-electron chi connectivity index (χ4n) is 3.64. The number of para-hydroxylation sites is 2. The fourth-order valence-corrected chi connectivity index (χ4v) is 3.64. The van der Waals surface area contributed by atoms with Crippen LogP contribution in [0.5, 0.6) is 11.5 Å². The molecular weight excluding hydrogens is 379 g/mol. The van der Waals surface area contributed by atoms with Gasteiger partial charge in [-0.05, 0) is 48.6 Å². The van der Waals surface area contributed by atoms with Gasteiger partial charge in [0.2, 0.25) is 0 Å². The molecule has 0 saturated carbocycles. The van der Waals surface area contributed by atoms with E-state index in [-0.39, 0.29) is 11.9 Å². The Bertz CT molecular complexity index is 1080. The molecule has 3 aromatic rings. The smallest absolute Gasteiger partial charge is 0.126 e. The summed E-state index contributed by atoms with van der Waals surface area (Å²) in [6.07, 6.45) is 4.71. The summed E-state index contributed by atoms with van der Waals surface area (Å²) in [7, 11) is 3.33. The largest absolute Gasteiger partial charge is 0.496 e. The zero-order chi connectivity index (χ0) is 20.9. The number of allylic oxidation sites excluding steroid dienone is 1. The van der Waals surface area contributed by atoms with Gasteiger partial charge in [0.05, 0.1) is 31.7 Å². The number of ether oxygens (including phenoxy) is 2. The van der Waals surface area contributed by atoms with Crippen molar-refractivity contribution in [2.24, 2.45) is 5.10 Å². The highest BCUT2D eigenvalue weighted by Gasteiger charge is 2.30. The first-order chi connectivity index (χ1) is 14.7. The molecule has 0 saturated heterocycles. The number of nitrogens with zero attached hydrogens (tertiary/aromatic N) is 2. The second kappa shape index (κ2) is 8.82. The van der Waals surface area contributed by atoms with Gasteiger partial charge >= 0.3 is 0 Å². The molecule has 1 aliphatic rings. The van der Waals surface area contributed by atoms with Gasteiger partial charge in [0.25, 0.3) is 0 Å². The average molecular weight is 402 g/mol. The minimum Gasteiger partial charge on any atom is -0.496 e. The first kappa shape index (κ1) is 19.7. The molecule has 4 nitrogen and oxygen atoms in total. The molecule has 0 spiro atoms. The summed E-state index contributed by atoms with van der Waals surface area (Å²) < 4.78 is 24.5. The molecule has 1 aliphatic heterocycles. The van der Waals surface area contributed by atoms with Crippen LogP contribution in [-0.4, -0.2) is 19.9 Å². The molecule has 0 N–H and O–H groups in total. The van der Waals surface area contributed by atoms with E-state index >= 15 is 0 Å². The summed E-state index contributed by atoms with van der Waals surface area (Å²) in [5.74, 6) is 1.34. The molecular formula is C25H23FN2O2. The first-order valence-electron chi connectivity index (χ1n) is 9.76. The Morgan fingerprint density at radius 2 is 1.53 bits per heavy atom. The maximum absolute atomic E-state index is 13.5. The van der Waals surface area contributed by atoms with E-state index < -0.39 is 0 Å². The summed E-state index contributed by atoms with van der Waals surface area (Å²) in [4.78, 5) is 0. The second-order valence-electron chi connectivity index (χ2n) is 6.95. The van der Waals surface area contributed by atoms with Crippen molar-refractivity contribution in [1.29, 1.82) is 0 Å². The Hall–Kier alpha value is -3.60. The van der Waals surface area contributed by atoms with Crippen LogP contribution >= 0.6 is 0 Å². The summed E-state index contributed by atoms with van der Waals surface area (Å²) in [6.45, 7) is 0. The van der Waals surface area contributed by atoms with Gasteiger partial charge in [0.15, 0.2) is 0 Å². The highest BCUT2D eigenvalue weighted by Crippen LogP contribution is 2.39. The predicted octanol–water partition coefficient (Wildman–Crippen LogP) is 5.86. The topological polar surface area (TPSA) is 34.1 Å². The highest BCUT2D eigenvalue weighted by molar-refractivity contribution is 6.01. The average Bonchev–Trinajstić information content (AvgIpc) is 3.22. The van der Waals surface area contributed by atoms with Crippen molar-refractivity contribution in [3.05, 3.63) is 95.8 Å². The van der Waals surface area contributed by atoms with E-state index in [2.05, 4.69) is 0 Å². The predicted molar refractivity (Wildman–Crippen MR) is 119 cm³/mol. The maximum Gasteiger partial charge on any atom is 0.126 e. The first-order valence-corrected chi connectivity index (χ1v) is 9.76. The second-order valence-corrected chi connectivity index (χ2v) is 6.95. The Labute approximate surface area is 175 Å². The number of hydrogen-bond donors (Lipinski definition) is 0. The Kier molecular flexibility index (Phi) is 5.80. The van der Waals surface area contributed by atoms with E-state index in [4.69, 9.17) is 14.6 Å². The van der Waals surface area contributed by atoms with Gasteiger partial charge in [-0.15, -0.1) is 0 Å². The van der Waals surface area contributed by atoms with Crippen LogP contribution in [0.1, 0.15) is 23.6 Å². The highest BCUT2D eigenvalue weighted by atomic mass is 19.1. The van der Waals surface area contributed by atoms with Crippen LogP contribution in [0.2, 0.25) is 0 Å². The molecule has 1 unspecified atom stereocenters. The molecule has 30 heavy (non-hydrogen) atoms. The number of rotatable bonds is 6. The van der Waals surface area contributed by atoms with Crippen LogP contribution in [0.15, 0.2) is 84.0 Å². The molecule has 0 aliphatic carbocycles. The lowest BCUT2D eigenvalue weighted by atomic mass is 9.99. The fraction of sp³-hybridized carbons (Fsp3) is 0.160. The number of hydrogen-bond acceptors (Lipinski definition) is 4. The summed E-state index contributed by atoms with van der Waals surface area (Å²) in [6, 6.07) is 22.1. The third-order valence-corrected chi connectivity index (χ3v) is 5.12. The van der Waals surface area contributed by atoms with Crippen molar-refractivity contribution in [3.63, 3.8) is 0 Å². The van der Waals surface area contributed by atoms with Crippen LogP contribution in [0.4, 0.5) is 10.1 Å². The van der Waals surface area contributed by atoms with Crippen molar-refractivity contribution < 1.29 is 13.9 Å². The molecule has 0 fully saturated rings. The molecule has 1 atom stereocenters. The summed E-state index contributed by atoms with van der Waals surface area (Å²) in [5, 5.41) is 6.77. The van der Waals surface area contributed by atoms with Crippen LogP contribution in [-0.2, 0) is 0 Å². The molecule has 4 rings (SSSR count). The van der Waals surface area contributed by atoms with Crippen molar-refractivity contribution >= 4 is 17.5 Å². The minimum atomic E-state index is -0.271. The molecule has 3 aromatic carbocycles. The Morgan fingerprint density at radius 3 is 2.27 bits per heavy atom. The van der Waals surface area contributed by atoms with E-state index in [1.54, 1.807) is 26.4 Å². The monoisotopic (exact) mass is 402 g/mol. The lowest BCUT2D eigenvalue weighted by Crippen LogP contribution is -2.19. The molecule has 0 amide bonds. The van der Waals surface area contributed by atoms with Gasteiger partial charge in [-0.1, -0.05) is 36.4 Å². The van der Waals surface area contributed by atoms with Gasteiger partial charge in [-0.2, -0.15) is 5.10 Å². The normalized spacial score (nSPS) is 16.0. The van der Waals surface area contributed by atoms with E-state index in [9.17, 15) is 4.39 Å². The van der Waals surface area contributed by atoms with Gasteiger partial charge in [-0.25, -0.2) is 4.39 Å². The zero-order valence-corrected chi connectivity index (χ0v) is 17.0. The molecule has 1 heterocycles. The van der Waals surface area contributed by atoms with E-state index in [0.29, 0.717) is 6.42 Å². The van der Waals surface area contributed by atoms with E-state index in [1.807, 2.05) is 65.7 Å². The lowest BCUT2D eigenvalue weighted by Gasteiger charge is -2.25. The van der Waals surface area contributed by atoms with Crippen LogP contribution in [0, 0.1) is 5.82 Å². The Balaban J connectivity index is 1.69. The number of anilines is 1. The molecule has 0 radical (unpaired) electrons. The van der Waals surface area contributed by atoms with E-state index in [0.717, 1.165) is 34.0 Å². The van der Waals surface area contributed by atoms with E-state index in [1.165, 1.54) is 12.1 Å². The summed E-state index contributed by atoms with van der Waals surface area (Å²) in [5.41, 5.74) is 3.76. The lowest BCUT2D eigenvalue weighted by molar-refractivity contribution is 0.405. The molecule has 0 aromatic heterocycles. The van der Waals surface area contributed by atoms with Crippen molar-refractivity contribution in [2.45, 2.75) is 12.5 Å². The van der Waals surface area contributed by atoms with Crippen LogP contribution < -0.4 is 14.5 Å². The van der Waals surface area contributed by atoms with Crippen LogP contribution in [0.25, 0.3) is 6.08 Å².